The number of hydrogen-bond donors (Lipinski definition) is 4. The number of urea groups is 1. The van der Waals surface area contributed by atoms with Crippen LogP contribution in [0.1, 0.15) is 98.8 Å². The predicted octanol–water partition coefficient (Wildman–Crippen LogP) is 3.64. The zero-order valence-electron chi connectivity index (χ0n) is 28.7. The number of halogens is 3. The van der Waals surface area contributed by atoms with E-state index in [1.807, 2.05) is 27.7 Å². The van der Waals surface area contributed by atoms with Crippen LogP contribution in [0, 0.1) is 35.0 Å². The highest BCUT2D eigenvalue weighted by molar-refractivity contribution is 6.38. The van der Waals surface area contributed by atoms with Crippen molar-refractivity contribution in [1.29, 1.82) is 0 Å². The SMILES string of the molecule is CCCNC(=O)C(=O)C(CCC(F)(F)F)NC(=O)[C@@H]1[C@@H]2[C@H](CN1C(=O)[C@@H](NC(=O)N[C@H](C(=O)C1CC1)C(C)C)C1CCCCC1)C2(C)C. The number of likely N-dealkylation sites (tertiary alicyclic amines) is 1. The molecule has 0 spiro atoms. The number of rotatable bonds is 15. The van der Waals surface area contributed by atoms with E-state index in [-0.39, 0.29) is 53.9 Å². The number of nitrogens with zero attached hydrogens (tertiary/aromatic N) is 1. The van der Waals surface area contributed by atoms with E-state index >= 15 is 0 Å². The Kier molecular flexibility index (Phi) is 11.9. The molecule has 0 radical (unpaired) electrons. The highest BCUT2D eigenvalue weighted by Crippen LogP contribution is 2.65. The first kappa shape index (κ1) is 37.6. The van der Waals surface area contributed by atoms with Crippen LogP contribution in [0.15, 0.2) is 0 Å². The molecule has 4 rings (SSSR count). The summed E-state index contributed by atoms with van der Waals surface area (Å²) in [4.78, 5) is 81.4. The Morgan fingerprint density at radius 2 is 1.56 bits per heavy atom. The van der Waals surface area contributed by atoms with Crippen molar-refractivity contribution >= 4 is 35.3 Å². The quantitative estimate of drug-likeness (QED) is 0.194. The molecule has 0 bridgehead atoms. The number of hydrogen-bond acceptors (Lipinski definition) is 6. The molecule has 3 aliphatic carbocycles. The summed E-state index contributed by atoms with van der Waals surface area (Å²) in [5, 5.41) is 10.4. The maximum Gasteiger partial charge on any atom is 0.389 e. The molecule has 270 valence electrons. The molecule has 14 heteroatoms. The van der Waals surface area contributed by atoms with Gasteiger partial charge >= 0.3 is 12.2 Å². The summed E-state index contributed by atoms with van der Waals surface area (Å²) in [6.45, 7) is 9.68. The third-order valence-corrected chi connectivity index (χ3v) is 10.8. The molecule has 0 aromatic heterocycles. The van der Waals surface area contributed by atoms with Gasteiger partial charge in [0.25, 0.3) is 5.91 Å². The first-order valence-corrected chi connectivity index (χ1v) is 17.6. The average Bonchev–Trinajstić information content (AvgIpc) is 3.91. The number of carbonyl (C=O) groups excluding carboxylic acids is 6. The zero-order chi connectivity index (χ0) is 35.6. The number of piperidine rings is 1. The molecule has 3 saturated carbocycles. The third-order valence-electron chi connectivity index (χ3n) is 10.8. The second-order valence-corrected chi connectivity index (χ2v) is 15.1. The molecule has 6 atom stereocenters. The fourth-order valence-corrected chi connectivity index (χ4v) is 7.67. The molecule has 11 nitrogen and oxygen atoms in total. The van der Waals surface area contributed by atoms with Gasteiger partial charge in [-0.15, -0.1) is 0 Å². The number of alkyl halides is 3. The second-order valence-electron chi connectivity index (χ2n) is 15.1. The van der Waals surface area contributed by atoms with E-state index in [4.69, 9.17) is 0 Å². The van der Waals surface area contributed by atoms with Crippen LogP contribution in [0.25, 0.3) is 0 Å². The summed E-state index contributed by atoms with van der Waals surface area (Å²) in [6.07, 6.45) is -0.705. The summed E-state index contributed by atoms with van der Waals surface area (Å²) < 4.78 is 39.6. The fraction of sp³-hybridized carbons (Fsp3) is 0.824. The van der Waals surface area contributed by atoms with E-state index < -0.39 is 72.7 Å². The van der Waals surface area contributed by atoms with Crippen LogP contribution < -0.4 is 21.3 Å². The zero-order valence-corrected chi connectivity index (χ0v) is 28.7. The normalized spacial score (nSPS) is 25.4. The van der Waals surface area contributed by atoms with Gasteiger partial charge in [-0.2, -0.15) is 13.2 Å². The van der Waals surface area contributed by atoms with Crippen molar-refractivity contribution in [2.24, 2.45) is 35.0 Å². The van der Waals surface area contributed by atoms with Gasteiger partial charge in [0.05, 0.1) is 12.1 Å². The molecule has 48 heavy (non-hydrogen) atoms. The molecular weight excluding hydrogens is 631 g/mol. The number of nitrogens with one attached hydrogen (secondary N) is 4. The highest BCUT2D eigenvalue weighted by atomic mass is 19.4. The van der Waals surface area contributed by atoms with Gasteiger partial charge in [-0.1, -0.05) is 53.9 Å². The summed E-state index contributed by atoms with van der Waals surface area (Å²) in [5.74, 6) is -4.41. The summed E-state index contributed by atoms with van der Waals surface area (Å²) in [5.41, 5.74) is -0.346. The molecule has 0 aromatic carbocycles. The molecule has 4 N–H and O–H groups in total. The highest BCUT2D eigenvalue weighted by Gasteiger charge is 2.69. The van der Waals surface area contributed by atoms with Crippen molar-refractivity contribution in [1.82, 2.24) is 26.2 Å². The summed E-state index contributed by atoms with van der Waals surface area (Å²) in [6, 6.07) is -5.18. The number of carbonyl (C=O) groups is 6. The van der Waals surface area contributed by atoms with Crippen LogP contribution in [0.3, 0.4) is 0 Å². The predicted molar refractivity (Wildman–Crippen MR) is 170 cm³/mol. The lowest BCUT2D eigenvalue weighted by Gasteiger charge is -2.37. The first-order chi connectivity index (χ1) is 22.5. The minimum absolute atomic E-state index is 0.0303. The third kappa shape index (κ3) is 8.88. The standard InChI is InChI=1S/C34H52F3N5O6/c1-6-16-38-30(46)28(44)22(14-15-34(35,36)37)39-29(45)26-23-21(33(23,4)5)17-42(26)31(47)25(19-10-8-7-9-11-19)41-32(48)40-24(18(2)3)27(43)20-12-13-20/h18-26H,6-17H2,1-5H3,(H,38,46)(H,39,45)(H2,40,41,48)/t21-,22?,23-,24-,25-,26-/m0/s1. The number of amides is 5. The maximum absolute atomic E-state index is 14.4. The first-order valence-electron chi connectivity index (χ1n) is 17.6. The van der Waals surface area contributed by atoms with Gasteiger partial charge in [0.2, 0.25) is 17.6 Å². The van der Waals surface area contributed by atoms with Gasteiger partial charge in [0.1, 0.15) is 12.1 Å². The van der Waals surface area contributed by atoms with Crippen molar-refractivity contribution in [2.75, 3.05) is 13.1 Å². The van der Waals surface area contributed by atoms with E-state index in [9.17, 15) is 41.9 Å². The Balaban J connectivity index is 1.56. The van der Waals surface area contributed by atoms with E-state index in [1.165, 1.54) is 4.90 Å². The van der Waals surface area contributed by atoms with Gasteiger partial charge in [0, 0.05) is 25.4 Å². The van der Waals surface area contributed by atoms with Crippen molar-refractivity contribution in [3.63, 3.8) is 0 Å². The lowest BCUT2D eigenvalue weighted by Crippen LogP contribution is -2.61. The van der Waals surface area contributed by atoms with Crippen LogP contribution in [-0.4, -0.2) is 83.7 Å². The van der Waals surface area contributed by atoms with E-state index in [0.717, 1.165) is 32.1 Å². The van der Waals surface area contributed by atoms with E-state index in [0.29, 0.717) is 19.3 Å². The van der Waals surface area contributed by atoms with Gasteiger partial charge in [-0.3, -0.25) is 24.0 Å². The molecule has 1 saturated heterocycles. The van der Waals surface area contributed by atoms with E-state index in [1.54, 1.807) is 6.92 Å². The van der Waals surface area contributed by atoms with Crippen LogP contribution >= 0.6 is 0 Å². The van der Waals surface area contributed by atoms with E-state index in [2.05, 4.69) is 21.3 Å². The molecular formula is C34H52F3N5O6. The topological polar surface area (TPSA) is 154 Å². The van der Waals surface area contributed by atoms with Crippen molar-refractivity contribution in [3.05, 3.63) is 0 Å². The van der Waals surface area contributed by atoms with Crippen LogP contribution in [-0.2, 0) is 24.0 Å². The van der Waals surface area contributed by atoms with Crippen molar-refractivity contribution in [2.45, 2.75) is 129 Å². The Morgan fingerprint density at radius 1 is 0.917 bits per heavy atom. The Morgan fingerprint density at radius 3 is 2.12 bits per heavy atom. The number of ketones is 2. The monoisotopic (exact) mass is 683 g/mol. The second kappa shape index (κ2) is 15.1. The summed E-state index contributed by atoms with van der Waals surface area (Å²) >= 11 is 0. The minimum atomic E-state index is -4.63. The van der Waals surface area contributed by atoms with Crippen LogP contribution in [0.4, 0.5) is 18.0 Å². The smallest absolute Gasteiger partial charge is 0.349 e. The average molecular weight is 684 g/mol. The lowest BCUT2D eigenvalue weighted by molar-refractivity contribution is -0.147. The maximum atomic E-state index is 14.4. The fourth-order valence-electron chi connectivity index (χ4n) is 7.67. The van der Waals surface area contributed by atoms with Crippen LogP contribution in [0.5, 0.6) is 0 Å². The summed E-state index contributed by atoms with van der Waals surface area (Å²) in [7, 11) is 0. The Hall–Kier alpha value is -3.19. The van der Waals surface area contributed by atoms with Gasteiger partial charge in [-0.25, -0.2) is 4.79 Å². The van der Waals surface area contributed by atoms with Crippen molar-refractivity contribution < 1.29 is 41.9 Å². The Bertz CT molecular complexity index is 1250. The van der Waals surface area contributed by atoms with Gasteiger partial charge < -0.3 is 26.2 Å². The Labute approximate surface area is 280 Å². The minimum Gasteiger partial charge on any atom is -0.349 e. The molecule has 4 fully saturated rings. The van der Waals surface area contributed by atoms with Gasteiger partial charge in [0.15, 0.2) is 5.78 Å². The molecule has 1 heterocycles. The van der Waals surface area contributed by atoms with Crippen molar-refractivity contribution in [3.8, 4) is 0 Å². The molecule has 1 aliphatic heterocycles. The lowest BCUT2D eigenvalue weighted by atomic mass is 9.83. The molecule has 5 amide bonds. The van der Waals surface area contributed by atoms with Gasteiger partial charge in [-0.05, 0) is 67.6 Å². The molecule has 0 aromatic rings. The van der Waals surface area contributed by atoms with Crippen LogP contribution in [0.2, 0.25) is 0 Å². The number of Topliss-reactive ketones (excluding diaryl/α,β-unsaturated/α-hetero) is 2. The molecule has 4 aliphatic rings. The largest absolute Gasteiger partial charge is 0.389 e. The molecule has 1 unspecified atom stereocenters. The number of fused-ring (bicyclic) bond motifs is 1.